The first-order valence-corrected chi connectivity index (χ1v) is 11.9. The summed E-state index contributed by atoms with van der Waals surface area (Å²) in [7, 11) is -3.07. The number of hydrogen-bond donors (Lipinski definition) is 0. The third-order valence-electron chi connectivity index (χ3n) is 5.32. The number of aryl methyl sites for hydroxylation is 1. The first kappa shape index (κ1) is 19.2. The lowest BCUT2D eigenvalue weighted by molar-refractivity contribution is -0.117. The largest absolute Gasteiger partial charge is 0.315 e. The second kappa shape index (κ2) is 7.37. The van der Waals surface area contributed by atoms with Crippen LogP contribution in [0.3, 0.4) is 0 Å². The van der Waals surface area contributed by atoms with Gasteiger partial charge in [0.05, 0.1) is 24.0 Å². The van der Waals surface area contributed by atoms with E-state index in [1.54, 1.807) is 0 Å². The van der Waals surface area contributed by atoms with E-state index < -0.39 is 9.84 Å². The Morgan fingerprint density at radius 3 is 2.61 bits per heavy atom. The topological polar surface area (TPSA) is 66.8 Å². The van der Waals surface area contributed by atoms with E-state index in [1.165, 1.54) is 11.8 Å². The Kier molecular flexibility index (Phi) is 5.05. The highest BCUT2D eigenvalue weighted by atomic mass is 32.2. The number of sulfone groups is 1. The highest BCUT2D eigenvalue weighted by molar-refractivity contribution is 8.16. The minimum Gasteiger partial charge on any atom is -0.315 e. The summed E-state index contributed by atoms with van der Waals surface area (Å²) < 4.78 is 24.4. The fraction of sp³-hybridized carbons (Fsp3) is 0.333. The van der Waals surface area contributed by atoms with Crippen molar-refractivity contribution in [2.24, 2.45) is 4.99 Å². The van der Waals surface area contributed by atoms with E-state index >= 15 is 0 Å². The third-order valence-corrected chi connectivity index (χ3v) is 8.53. The van der Waals surface area contributed by atoms with Crippen molar-refractivity contribution in [1.82, 2.24) is 0 Å². The Bertz CT molecular complexity index is 1050. The molecule has 1 amide bonds. The van der Waals surface area contributed by atoms with Crippen molar-refractivity contribution in [1.29, 1.82) is 0 Å². The number of nitrogens with zero attached hydrogens (tertiary/aromatic N) is 2. The third kappa shape index (κ3) is 3.73. The number of fused-ring (bicyclic) bond motifs is 1. The molecule has 2 heterocycles. The van der Waals surface area contributed by atoms with Gasteiger partial charge in [0.15, 0.2) is 15.0 Å². The van der Waals surface area contributed by atoms with Crippen LogP contribution in [0.1, 0.15) is 16.7 Å². The highest BCUT2D eigenvalue weighted by Gasteiger charge is 2.49. The molecule has 146 valence electrons. The zero-order chi connectivity index (χ0) is 19.9. The summed E-state index contributed by atoms with van der Waals surface area (Å²) in [6.45, 7) is 4.05. The standard InChI is InChI=1S/C21H22N2O3S2/c1-14-7-6-10-17(15(14)2)23-18-12-28(25,26)13-19(18)27-21(23)22-20(24)11-16-8-4-3-5-9-16/h3-10,18-19H,11-13H2,1-2H3/t18-,19+/m1/s1. The second-order valence-electron chi connectivity index (χ2n) is 7.34. The average molecular weight is 415 g/mol. The van der Waals surface area contributed by atoms with Gasteiger partial charge < -0.3 is 4.90 Å². The van der Waals surface area contributed by atoms with Gasteiger partial charge in [0.2, 0.25) is 0 Å². The molecule has 0 spiro atoms. The van der Waals surface area contributed by atoms with Crippen molar-refractivity contribution < 1.29 is 13.2 Å². The van der Waals surface area contributed by atoms with Gasteiger partial charge >= 0.3 is 0 Å². The van der Waals surface area contributed by atoms with Gasteiger partial charge in [-0.2, -0.15) is 4.99 Å². The van der Waals surface area contributed by atoms with Gasteiger partial charge in [0.25, 0.3) is 5.91 Å². The molecule has 0 bridgehead atoms. The van der Waals surface area contributed by atoms with Crippen LogP contribution < -0.4 is 4.90 Å². The number of thioether (sulfide) groups is 1. The Hall–Kier alpha value is -2.12. The molecule has 2 aliphatic rings. The normalized spacial score (nSPS) is 24.5. The minimum atomic E-state index is -3.07. The molecule has 0 saturated carbocycles. The summed E-state index contributed by atoms with van der Waals surface area (Å²) >= 11 is 1.42. The smallest absolute Gasteiger partial charge is 0.252 e. The summed E-state index contributed by atoms with van der Waals surface area (Å²) in [5, 5.41) is 0.521. The van der Waals surface area contributed by atoms with Gasteiger partial charge in [0.1, 0.15) is 0 Å². The summed E-state index contributed by atoms with van der Waals surface area (Å²) in [6.07, 6.45) is 0.235. The van der Waals surface area contributed by atoms with Crippen LogP contribution in [-0.2, 0) is 21.1 Å². The van der Waals surface area contributed by atoms with E-state index in [9.17, 15) is 13.2 Å². The number of amidine groups is 1. The molecule has 5 nitrogen and oxygen atoms in total. The van der Waals surface area contributed by atoms with Crippen LogP contribution in [0.15, 0.2) is 53.5 Å². The number of amides is 1. The van der Waals surface area contributed by atoms with Gasteiger partial charge in [0, 0.05) is 10.9 Å². The summed E-state index contributed by atoms with van der Waals surface area (Å²) in [4.78, 5) is 19.0. The van der Waals surface area contributed by atoms with Crippen LogP contribution in [0.5, 0.6) is 0 Å². The Morgan fingerprint density at radius 2 is 1.86 bits per heavy atom. The SMILES string of the molecule is Cc1cccc(N2C(=NC(=O)Cc3ccccc3)S[C@H]3CS(=O)(=O)C[C@H]32)c1C. The maximum atomic E-state index is 12.6. The molecule has 2 aliphatic heterocycles. The number of rotatable bonds is 3. The number of aliphatic imine (C=N–C) groups is 1. The van der Waals surface area contributed by atoms with E-state index in [2.05, 4.69) is 4.99 Å². The first-order valence-electron chi connectivity index (χ1n) is 9.22. The fourth-order valence-electron chi connectivity index (χ4n) is 3.76. The van der Waals surface area contributed by atoms with Crippen LogP contribution in [0.25, 0.3) is 0 Å². The van der Waals surface area contributed by atoms with Gasteiger partial charge in [-0.05, 0) is 36.6 Å². The molecule has 0 radical (unpaired) electrons. The average Bonchev–Trinajstić information content (AvgIpc) is 3.09. The van der Waals surface area contributed by atoms with Gasteiger partial charge in [-0.3, -0.25) is 4.79 Å². The van der Waals surface area contributed by atoms with Crippen LogP contribution in [-0.4, -0.2) is 42.3 Å². The molecule has 7 heteroatoms. The first-order chi connectivity index (χ1) is 13.3. The van der Waals surface area contributed by atoms with Gasteiger partial charge in [-0.1, -0.05) is 54.2 Å². The quantitative estimate of drug-likeness (QED) is 0.772. The molecule has 0 aliphatic carbocycles. The number of anilines is 1. The summed E-state index contributed by atoms with van der Waals surface area (Å²) in [5.74, 6) is 0.0198. The molecule has 2 aromatic carbocycles. The molecule has 2 saturated heterocycles. The Morgan fingerprint density at radius 1 is 1.11 bits per heavy atom. The predicted octanol–water partition coefficient (Wildman–Crippen LogP) is 3.15. The van der Waals surface area contributed by atoms with Crippen LogP contribution in [0.2, 0.25) is 0 Å². The maximum Gasteiger partial charge on any atom is 0.252 e. The maximum absolute atomic E-state index is 12.6. The van der Waals surface area contributed by atoms with E-state index in [1.807, 2.05) is 67.3 Å². The zero-order valence-electron chi connectivity index (χ0n) is 15.8. The lowest BCUT2D eigenvalue weighted by Crippen LogP contribution is -2.38. The Balaban J connectivity index is 1.69. The molecular formula is C21H22N2O3S2. The molecule has 2 fully saturated rings. The van der Waals surface area contributed by atoms with E-state index in [0.717, 1.165) is 22.4 Å². The van der Waals surface area contributed by atoms with Crippen molar-refractivity contribution in [2.45, 2.75) is 31.6 Å². The molecule has 0 N–H and O–H groups in total. The van der Waals surface area contributed by atoms with E-state index in [-0.39, 0.29) is 35.1 Å². The van der Waals surface area contributed by atoms with Crippen molar-refractivity contribution in [3.63, 3.8) is 0 Å². The van der Waals surface area contributed by atoms with Gasteiger partial charge in [-0.15, -0.1) is 0 Å². The number of carbonyl (C=O) groups is 1. The fourth-order valence-corrected chi connectivity index (χ4v) is 7.68. The van der Waals surface area contributed by atoms with Crippen molar-refractivity contribution >= 4 is 38.4 Å². The molecular weight excluding hydrogens is 392 g/mol. The second-order valence-corrected chi connectivity index (χ2v) is 10.7. The monoisotopic (exact) mass is 414 g/mol. The molecule has 2 aromatic rings. The number of carbonyl (C=O) groups excluding carboxylic acids is 1. The number of benzene rings is 2. The summed E-state index contributed by atoms with van der Waals surface area (Å²) in [6, 6.07) is 15.3. The minimum absolute atomic E-state index is 0.0896. The van der Waals surface area contributed by atoms with Crippen LogP contribution >= 0.6 is 11.8 Å². The van der Waals surface area contributed by atoms with E-state index in [0.29, 0.717) is 5.17 Å². The predicted molar refractivity (Wildman–Crippen MR) is 115 cm³/mol. The molecule has 28 heavy (non-hydrogen) atoms. The van der Waals surface area contributed by atoms with E-state index in [4.69, 9.17) is 0 Å². The number of hydrogen-bond acceptors (Lipinski definition) is 4. The van der Waals surface area contributed by atoms with Crippen LogP contribution in [0, 0.1) is 13.8 Å². The molecule has 4 rings (SSSR count). The van der Waals surface area contributed by atoms with Crippen molar-refractivity contribution in [2.75, 3.05) is 16.4 Å². The summed E-state index contributed by atoms with van der Waals surface area (Å²) in [5.41, 5.74) is 4.06. The van der Waals surface area contributed by atoms with Crippen LogP contribution in [0.4, 0.5) is 5.69 Å². The molecule has 0 unspecified atom stereocenters. The van der Waals surface area contributed by atoms with Crippen molar-refractivity contribution in [3.8, 4) is 0 Å². The lowest BCUT2D eigenvalue weighted by atomic mass is 10.1. The Labute approximate surface area is 169 Å². The van der Waals surface area contributed by atoms with Gasteiger partial charge in [-0.25, -0.2) is 8.42 Å². The lowest BCUT2D eigenvalue weighted by Gasteiger charge is -2.26. The highest BCUT2D eigenvalue weighted by Crippen LogP contribution is 2.42. The van der Waals surface area contributed by atoms with Crippen molar-refractivity contribution in [3.05, 3.63) is 65.2 Å². The zero-order valence-corrected chi connectivity index (χ0v) is 17.5. The molecule has 0 aromatic heterocycles. The molecule has 2 atom stereocenters.